The SMILES string of the molecule is CCCCCCCCCCCCCC(O)CCCCCCCCC(C)S(=O)(=O)[O-].[K+]. The third-order valence-corrected chi connectivity index (χ3v) is 7.25. The molecular formula is C24H49KO4S. The van der Waals surface area contributed by atoms with Gasteiger partial charge in [-0.2, -0.15) is 0 Å². The Kier molecular flexibility index (Phi) is 26.6. The number of unbranched alkanes of at least 4 members (excludes halogenated alkanes) is 15. The second kappa shape index (κ2) is 23.7. The van der Waals surface area contributed by atoms with Gasteiger partial charge in [0.25, 0.3) is 0 Å². The summed E-state index contributed by atoms with van der Waals surface area (Å²) in [6.07, 6.45) is 23.2. The minimum Gasteiger partial charge on any atom is -0.748 e. The summed E-state index contributed by atoms with van der Waals surface area (Å²) < 4.78 is 32.4. The zero-order chi connectivity index (χ0) is 21.8. The fourth-order valence-electron chi connectivity index (χ4n) is 3.85. The molecular weight excluding hydrogens is 423 g/mol. The summed E-state index contributed by atoms with van der Waals surface area (Å²) in [6, 6.07) is 0. The molecule has 0 aliphatic carbocycles. The van der Waals surface area contributed by atoms with Crippen LogP contribution in [0.25, 0.3) is 0 Å². The number of hydrogen-bond donors (Lipinski definition) is 1. The van der Waals surface area contributed by atoms with E-state index in [1.807, 2.05) is 0 Å². The first-order chi connectivity index (χ1) is 13.9. The van der Waals surface area contributed by atoms with Crippen LogP contribution in [0.3, 0.4) is 0 Å². The smallest absolute Gasteiger partial charge is 0.748 e. The number of aliphatic hydroxyl groups excluding tert-OH is 1. The fraction of sp³-hybridized carbons (Fsp3) is 1.00. The van der Waals surface area contributed by atoms with Gasteiger partial charge < -0.3 is 9.66 Å². The minimum atomic E-state index is -4.11. The van der Waals surface area contributed by atoms with Crippen LogP contribution in [-0.2, 0) is 10.1 Å². The Balaban J connectivity index is 0. The summed E-state index contributed by atoms with van der Waals surface area (Å²) in [5.41, 5.74) is 0. The van der Waals surface area contributed by atoms with Crippen LogP contribution >= 0.6 is 0 Å². The van der Waals surface area contributed by atoms with E-state index >= 15 is 0 Å². The summed E-state index contributed by atoms with van der Waals surface area (Å²) in [5.74, 6) is 0. The van der Waals surface area contributed by atoms with Crippen molar-refractivity contribution in [2.45, 2.75) is 154 Å². The predicted molar refractivity (Wildman–Crippen MR) is 123 cm³/mol. The van der Waals surface area contributed by atoms with Crippen molar-refractivity contribution in [2.24, 2.45) is 0 Å². The van der Waals surface area contributed by atoms with Crippen LogP contribution in [0, 0.1) is 0 Å². The van der Waals surface area contributed by atoms with Gasteiger partial charge in [-0.25, -0.2) is 8.42 Å². The average molecular weight is 473 g/mol. The third kappa shape index (κ3) is 24.2. The molecule has 1 N–H and O–H groups in total. The molecule has 0 spiro atoms. The van der Waals surface area contributed by atoms with Crippen LogP contribution < -0.4 is 51.4 Å². The zero-order valence-electron chi connectivity index (χ0n) is 20.4. The van der Waals surface area contributed by atoms with Gasteiger partial charge in [-0.1, -0.05) is 116 Å². The van der Waals surface area contributed by atoms with Gasteiger partial charge in [0.05, 0.1) is 16.2 Å². The van der Waals surface area contributed by atoms with Crippen molar-refractivity contribution in [3.63, 3.8) is 0 Å². The molecule has 6 heteroatoms. The third-order valence-electron chi connectivity index (χ3n) is 6.03. The van der Waals surface area contributed by atoms with Crippen LogP contribution in [0.2, 0.25) is 0 Å². The van der Waals surface area contributed by atoms with E-state index in [1.165, 1.54) is 71.1 Å². The molecule has 0 aliphatic heterocycles. The van der Waals surface area contributed by atoms with Crippen LogP contribution in [0.4, 0.5) is 0 Å². The maximum absolute atomic E-state index is 10.8. The van der Waals surface area contributed by atoms with E-state index in [2.05, 4.69) is 6.92 Å². The largest absolute Gasteiger partial charge is 1.00 e. The molecule has 0 heterocycles. The normalized spacial score (nSPS) is 13.7. The molecule has 2 unspecified atom stereocenters. The predicted octanol–water partition coefficient (Wildman–Crippen LogP) is 4.11. The number of rotatable bonds is 22. The van der Waals surface area contributed by atoms with Gasteiger partial charge in [-0.3, -0.25) is 0 Å². The Bertz CT molecular complexity index is 442. The molecule has 0 bridgehead atoms. The van der Waals surface area contributed by atoms with Crippen LogP contribution in [0.5, 0.6) is 0 Å². The van der Waals surface area contributed by atoms with E-state index in [4.69, 9.17) is 0 Å². The molecule has 30 heavy (non-hydrogen) atoms. The second-order valence-corrected chi connectivity index (χ2v) is 10.8. The molecule has 0 rings (SSSR count). The maximum atomic E-state index is 10.8. The minimum absolute atomic E-state index is 0. The zero-order valence-corrected chi connectivity index (χ0v) is 24.3. The summed E-state index contributed by atoms with van der Waals surface area (Å²) in [5, 5.41) is 9.33. The summed E-state index contributed by atoms with van der Waals surface area (Å²) in [6.45, 7) is 3.76. The van der Waals surface area contributed by atoms with Crippen molar-refractivity contribution in [3.05, 3.63) is 0 Å². The van der Waals surface area contributed by atoms with Gasteiger partial charge in [0.1, 0.15) is 0 Å². The van der Waals surface area contributed by atoms with Crippen molar-refractivity contribution in [1.29, 1.82) is 0 Å². The Hall–Kier alpha value is 1.51. The van der Waals surface area contributed by atoms with Crippen molar-refractivity contribution in [1.82, 2.24) is 0 Å². The van der Waals surface area contributed by atoms with E-state index in [1.54, 1.807) is 0 Å². The Morgan fingerprint density at radius 2 is 0.933 bits per heavy atom. The molecule has 4 nitrogen and oxygen atoms in total. The van der Waals surface area contributed by atoms with Crippen LogP contribution in [-0.4, -0.2) is 29.4 Å². The second-order valence-electron chi connectivity index (χ2n) is 8.98. The van der Waals surface area contributed by atoms with Gasteiger partial charge in [-0.05, 0) is 26.2 Å². The monoisotopic (exact) mass is 472 g/mol. The van der Waals surface area contributed by atoms with E-state index in [0.717, 1.165) is 57.8 Å². The van der Waals surface area contributed by atoms with E-state index in [-0.39, 0.29) is 57.5 Å². The summed E-state index contributed by atoms with van der Waals surface area (Å²) in [4.78, 5) is 0. The van der Waals surface area contributed by atoms with Gasteiger partial charge in [0.15, 0.2) is 0 Å². The maximum Gasteiger partial charge on any atom is 1.00 e. The number of aliphatic hydroxyl groups is 1. The first-order valence-corrected chi connectivity index (χ1v) is 14.0. The molecule has 0 saturated heterocycles. The van der Waals surface area contributed by atoms with E-state index < -0.39 is 15.4 Å². The molecule has 0 fully saturated rings. The summed E-state index contributed by atoms with van der Waals surface area (Å²) >= 11 is 0. The van der Waals surface area contributed by atoms with Crippen LogP contribution in [0.15, 0.2) is 0 Å². The first kappa shape index (κ1) is 33.7. The Morgan fingerprint density at radius 1 is 0.633 bits per heavy atom. The molecule has 0 amide bonds. The molecule has 0 aromatic carbocycles. The standard InChI is InChI=1S/C24H50O4S.K/c1-3-4-5-6-7-8-9-10-11-15-18-21-24(25)22-19-16-13-12-14-17-20-23(2)29(26,27)28;/h23-25H,3-22H2,1-2H3,(H,26,27,28);/q;+1/p-1. The quantitative estimate of drug-likeness (QED) is 0.146. The first-order valence-electron chi connectivity index (χ1n) is 12.5. The Morgan fingerprint density at radius 3 is 1.27 bits per heavy atom. The van der Waals surface area contributed by atoms with Crippen molar-refractivity contribution in [3.8, 4) is 0 Å². The summed E-state index contributed by atoms with van der Waals surface area (Å²) in [7, 11) is -4.11. The molecule has 176 valence electrons. The van der Waals surface area contributed by atoms with Crippen molar-refractivity contribution in [2.75, 3.05) is 0 Å². The average Bonchev–Trinajstić information content (AvgIpc) is 2.67. The molecule has 0 aromatic rings. The van der Waals surface area contributed by atoms with Crippen molar-refractivity contribution < 1.29 is 69.5 Å². The molecule has 0 radical (unpaired) electrons. The van der Waals surface area contributed by atoms with Crippen molar-refractivity contribution >= 4 is 10.1 Å². The van der Waals surface area contributed by atoms with Gasteiger partial charge in [-0.15, -0.1) is 0 Å². The Labute approximate surface area is 230 Å². The molecule has 2 atom stereocenters. The van der Waals surface area contributed by atoms with E-state index in [0.29, 0.717) is 6.42 Å². The van der Waals surface area contributed by atoms with Gasteiger partial charge >= 0.3 is 51.4 Å². The van der Waals surface area contributed by atoms with E-state index in [9.17, 15) is 18.1 Å². The van der Waals surface area contributed by atoms with Crippen LogP contribution in [0.1, 0.15) is 142 Å². The number of hydrogen-bond acceptors (Lipinski definition) is 4. The topological polar surface area (TPSA) is 77.4 Å². The molecule has 0 aliphatic rings. The molecule has 0 aromatic heterocycles. The fourth-order valence-corrected chi connectivity index (χ4v) is 4.31. The van der Waals surface area contributed by atoms with Gasteiger partial charge in [0, 0.05) is 5.25 Å². The molecule has 0 saturated carbocycles. The van der Waals surface area contributed by atoms with Gasteiger partial charge in [0.2, 0.25) is 0 Å².